The average Bonchev–Trinajstić information content (AvgIpc) is 2.62. The van der Waals surface area contributed by atoms with E-state index in [9.17, 15) is 9.59 Å². The van der Waals surface area contributed by atoms with Gasteiger partial charge in [-0.2, -0.15) is 0 Å². The summed E-state index contributed by atoms with van der Waals surface area (Å²) in [7, 11) is 0. The number of nitrogens with one attached hydrogen (secondary N) is 3. The zero-order chi connectivity index (χ0) is 19.8. The highest BCUT2D eigenvalue weighted by atomic mass is 16.5. The van der Waals surface area contributed by atoms with Crippen molar-refractivity contribution >= 4 is 17.5 Å². The highest BCUT2D eigenvalue weighted by Crippen LogP contribution is 2.19. The molecule has 0 aliphatic heterocycles. The second kappa shape index (κ2) is 9.62. The molecule has 2 aromatic carbocycles. The quantitative estimate of drug-likeness (QED) is 0.656. The van der Waals surface area contributed by atoms with Gasteiger partial charge in [-0.15, -0.1) is 0 Å². The van der Waals surface area contributed by atoms with Gasteiger partial charge in [-0.3, -0.25) is 20.4 Å². The van der Waals surface area contributed by atoms with Crippen LogP contribution in [0.25, 0.3) is 0 Å². The third-order valence-electron chi connectivity index (χ3n) is 4.09. The van der Waals surface area contributed by atoms with E-state index in [2.05, 4.69) is 16.2 Å². The van der Waals surface area contributed by atoms with Crippen molar-refractivity contribution < 1.29 is 14.3 Å². The number of carbonyl (C=O) groups is 2. The Bertz CT molecular complexity index is 818. The van der Waals surface area contributed by atoms with Gasteiger partial charge in [0.1, 0.15) is 5.75 Å². The lowest BCUT2D eigenvalue weighted by atomic mass is 10.1. The predicted molar refractivity (Wildman–Crippen MR) is 107 cm³/mol. The van der Waals surface area contributed by atoms with Crippen LogP contribution < -0.4 is 20.9 Å². The predicted octanol–water partition coefficient (Wildman–Crippen LogP) is 2.95. The van der Waals surface area contributed by atoms with E-state index >= 15 is 0 Å². The molecule has 27 heavy (non-hydrogen) atoms. The van der Waals surface area contributed by atoms with E-state index in [4.69, 9.17) is 4.74 Å². The Morgan fingerprint density at radius 2 is 1.52 bits per heavy atom. The van der Waals surface area contributed by atoms with E-state index in [0.29, 0.717) is 0 Å². The van der Waals surface area contributed by atoms with Crippen LogP contribution in [-0.4, -0.2) is 25.0 Å². The van der Waals surface area contributed by atoms with Crippen LogP contribution in [0.15, 0.2) is 36.4 Å². The molecule has 0 aliphatic carbocycles. The minimum absolute atomic E-state index is 0.0726. The molecular formula is C21H27N3O3. The van der Waals surface area contributed by atoms with Crippen molar-refractivity contribution in [2.45, 2.75) is 34.1 Å². The van der Waals surface area contributed by atoms with Crippen LogP contribution in [0.3, 0.4) is 0 Å². The maximum Gasteiger partial charge on any atom is 0.257 e. The van der Waals surface area contributed by atoms with E-state index in [1.807, 2.05) is 64.1 Å². The molecule has 0 saturated heterocycles. The zero-order valence-electron chi connectivity index (χ0n) is 16.3. The van der Waals surface area contributed by atoms with Gasteiger partial charge in [0.2, 0.25) is 5.91 Å². The lowest BCUT2D eigenvalue weighted by Gasteiger charge is -2.12. The molecule has 2 rings (SSSR count). The minimum Gasteiger partial charge on any atom is -0.493 e. The molecule has 144 valence electrons. The van der Waals surface area contributed by atoms with Gasteiger partial charge < -0.3 is 10.1 Å². The number of carbonyl (C=O) groups excluding carboxylic acids is 2. The van der Waals surface area contributed by atoms with Crippen molar-refractivity contribution in [2.24, 2.45) is 0 Å². The Labute approximate surface area is 160 Å². The van der Waals surface area contributed by atoms with Crippen molar-refractivity contribution in [3.8, 4) is 5.75 Å². The van der Waals surface area contributed by atoms with Gasteiger partial charge in [0, 0.05) is 5.69 Å². The monoisotopic (exact) mass is 369 g/mol. The van der Waals surface area contributed by atoms with Crippen molar-refractivity contribution in [1.29, 1.82) is 0 Å². The highest BCUT2D eigenvalue weighted by Gasteiger charge is 2.07. The van der Waals surface area contributed by atoms with Gasteiger partial charge >= 0.3 is 0 Å². The fourth-order valence-electron chi connectivity index (χ4n) is 2.55. The van der Waals surface area contributed by atoms with Crippen LogP contribution in [0, 0.1) is 27.7 Å². The van der Waals surface area contributed by atoms with Gasteiger partial charge in [0.25, 0.3) is 5.91 Å². The molecule has 6 heteroatoms. The molecule has 0 spiro atoms. The fraction of sp³-hybridized carbons (Fsp3) is 0.333. The third-order valence-corrected chi connectivity index (χ3v) is 4.09. The Kier molecular flexibility index (Phi) is 7.23. The smallest absolute Gasteiger partial charge is 0.257 e. The Morgan fingerprint density at radius 3 is 2.26 bits per heavy atom. The molecule has 0 aromatic heterocycles. The molecule has 2 aromatic rings. The summed E-state index contributed by atoms with van der Waals surface area (Å²) >= 11 is 0. The Hall–Kier alpha value is -3.02. The first kappa shape index (κ1) is 20.3. The SMILES string of the molecule is Cc1ccc(NCC(=O)NNC(=O)CCOc2cc(C)ccc2C)c(C)c1. The minimum atomic E-state index is -0.321. The molecule has 0 bridgehead atoms. The number of ether oxygens (including phenoxy) is 1. The van der Waals surface area contributed by atoms with Gasteiger partial charge in [-0.25, -0.2) is 0 Å². The number of hydrogen-bond acceptors (Lipinski definition) is 4. The molecule has 0 heterocycles. The topological polar surface area (TPSA) is 79.5 Å². The summed E-state index contributed by atoms with van der Waals surface area (Å²) in [5.74, 6) is 0.142. The van der Waals surface area contributed by atoms with Crippen molar-refractivity contribution in [3.63, 3.8) is 0 Å². The summed E-state index contributed by atoms with van der Waals surface area (Å²) in [4.78, 5) is 23.7. The van der Waals surface area contributed by atoms with Gasteiger partial charge in [0.15, 0.2) is 0 Å². The molecule has 0 atom stereocenters. The summed E-state index contributed by atoms with van der Waals surface area (Å²) in [5, 5.41) is 3.05. The molecule has 0 radical (unpaired) electrons. The zero-order valence-corrected chi connectivity index (χ0v) is 16.3. The number of anilines is 1. The van der Waals surface area contributed by atoms with Gasteiger partial charge in [-0.1, -0.05) is 29.8 Å². The Balaban J connectivity index is 1.67. The number of rotatable bonds is 7. The van der Waals surface area contributed by atoms with E-state index < -0.39 is 0 Å². The van der Waals surface area contributed by atoms with E-state index in [-0.39, 0.29) is 31.4 Å². The molecular weight excluding hydrogens is 342 g/mol. The molecule has 0 aliphatic rings. The molecule has 0 fully saturated rings. The first-order valence-electron chi connectivity index (χ1n) is 8.94. The average molecular weight is 369 g/mol. The largest absolute Gasteiger partial charge is 0.493 e. The summed E-state index contributed by atoms with van der Waals surface area (Å²) in [6.45, 7) is 8.25. The summed E-state index contributed by atoms with van der Waals surface area (Å²) in [5.41, 5.74) is 10.0. The van der Waals surface area contributed by atoms with E-state index in [0.717, 1.165) is 33.7 Å². The second-order valence-corrected chi connectivity index (χ2v) is 6.64. The second-order valence-electron chi connectivity index (χ2n) is 6.64. The highest BCUT2D eigenvalue weighted by molar-refractivity contribution is 5.84. The molecule has 0 saturated carbocycles. The summed E-state index contributed by atoms with van der Waals surface area (Å²) in [6.07, 6.45) is 0.151. The van der Waals surface area contributed by atoms with Crippen LogP contribution in [0.1, 0.15) is 28.7 Å². The van der Waals surface area contributed by atoms with Crippen molar-refractivity contribution in [1.82, 2.24) is 10.9 Å². The standard InChI is InChI=1S/C21H27N3O3/c1-14-6-8-18(17(4)11-14)22-13-21(26)24-23-20(25)9-10-27-19-12-15(2)5-7-16(19)3/h5-8,11-12,22H,9-10,13H2,1-4H3,(H,23,25)(H,24,26). The van der Waals surface area contributed by atoms with Crippen molar-refractivity contribution in [3.05, 3.63) is 58.7 Å². The number of hydrogen-bond donors (Lipinski definition) is 3. The maximum atomic E-state index is 11.9. The fourth-order valence-corrected chi connectivity index (χ4v) is 2.55. The van der Waals surface area contributed by atoms with Crippen LogP contribution >= 0.6 is 0 Å². The molecule has 2 amide bonds. The lowest BCUT2D eigenvalue weighted by molar-refractivity contribution is -0.128. The van der Waals surface area contributed by atoms with Crippen LogP contribution in [0.2, 0.25) is 0 Å². The first-order valence-corrected chi connectivity index (χ1v) is 8.94. The molecule has 6 nitrogen and oxygen atoms in total. The van der Waals surface area contributed by atoms with E-state index in [1.165, 1.54) is 0 Å². The van der Waals surface area contributed by atoms with Crippen LogP contribution in [0.5, 0.6) is 5.75 Å². The maximum absolute atomic E-state index is 11.9. The Morgan fingerprint density at radius 1 is 0.852 bits per heavy atom. The normalized spacial score (nSPS) is 10.2. The summed E-state index contributed by atoms with van der Waals surface area (Å²) in [6, 6.07) is 11.9. The summed E-state index contributed by atoms with van der Waals surface area (Å²) < 4.78 is 5.64. The first-order chi connectivity index (χ1) is 12.8. The van der Waals surface area contributed by atoms with Crippen LogP contribution in [-0.2, 0) is 9.59 Å². The van der Waals surface area contributed by atoms with Crippen molar-refractivity contribution in [2.75, 3.05) is 18.5 Å². The number of aryl methyl sites for hydroxylation is 4. The number of amides is 2. The molecule has 3 N–H and O–H groups in total. The van der Waals surface area contributed by atoms with Crippen LogP contribution in [0.4, 0.5) is 5.69 Å². The molecule has 0 unspecified atom stereocenters. The number of hydrazine groups is 1. The van der Waals surface area contributed by atoms with Gasteiger partial charge in [0.05, 0.1) is 19.6 Å². The lowest BCUT2D eigenvalue weighted by Crippen LogP contribution is -2.44. The number of benzene rings is 2. The third kappa shape index (κ3) is 6.66. The van der Waals surface area contributed by atoms with E-state index in [1.54, 1.807) is 0 Å². The van der Waals surface area contributed by atoms with Gasteiger partial charge in [-0.05, 0) is 56.5 Å².